The van der Waals surface area contributed by atoms with Crippen LogP contribution in [0.25, 0.3) is 6.08 Å². The molecule has 0 aliphatic rings. The van der Waals surface area contributed by atoms with Crippen molar-refractivity contribution in [3.8, 4) is 23.3 Å². The van der Waals surface area contributed by atoms with Crippen LogP contribution in [-0.2, 0) is 14.6 Å². The van der Waals surface area contributed by atoms with Crippen molar-refractivity contribution in [1.29, 1.82) is 5.26 Å². The second-order valence-corrected chi connectivity index (χ2v) is 11.3. The van der Waals surface area contributed by atoms with E-state index in [0.29, 0.717) is 36.0 Å². The van der Waals surface area contributed by atoms with E-state index in [2.05, 4.69) is 15.5 Å². The molecule has 2 aromatic carbocycles. The van der Waals surface area contributed by atoms with Crippen molar-refractivity contribution < 1.29 is 27.4 Å². The number of ether oxygens (including phenoxy) is 3. The molecular formula is C25H26N4O6S2. The SMILES string of the molecule is COc1ccccc1OCCOc1ccc(/C=C(/C#N)C(=O)Nc2nnc(S(=O)(=O)CC(C)C)s2)cc1. The van der Waals surface area contributed by atoms with Gasteiger partial charge in [0.1, 0.15) is 30.6 Å². The molecule has 0 bridgehead atoms. The molecule has 1 aromatic heterocycles. The van der Waals surface area contributed by atoms with Gasteiger partial charge in [-0.05, 0) is 41.8 Å². The summed E-state index contributed by atoms with van der Waals surface area (Å²) in [4.78, 5) is 12.5. The highest BCUT2D eigenvalue weighted by atomic mass is 32.2. The summed E-state index contributed by atoms with van der Waals surface area (Å²) in [5, 5.41) is 19.2. The van der Waals surface area contributed by atoms with Gasteiger partial charge in [0.15, 0.2) is 11.5 Å². The maximum atomic E-state index is 12.5. The normalized spacial score (nSPS) is 11.6. The first-order valence-electron chi connectivity index (χ1n) is 11.2. The van der Waals surface area contributed by atoms with Gasteiger partial charge in [-0.15, -0.1) is 10.2 Å². The van der Waals surface area contributed by atoms with Gasteiger partial charge >= 0.3 is 0 Å². The Hall–Kier alpha value is -3.95. The van der Waals surface area contributed by atoms with Crippen LogP contribution in [0.2, 0.25) is 0 Å². The topological polar surface area (TPSA) is 140 Å². The smallest absolute Gasteiger partial charge is 0.268 e. The number of carbonyl (C=O) groups is 1. The number of carbonyl (C=O) groups excluding carboxylic acids is 1. The Kier molecular flexibility index (Phi) is 9.59. The van der Waals surface area contributed by atoms with Crippen LogP contribution in [0, 0.1) is 17.2 Å². The van der Waals surface area contributed by atoms with Crippen molar-refractivity contribution in [3.63, 3.8) is 0 Å². The van der Waals surface area contributed by atoms with Crippen molar-refractivity contribution in [2.75, 3.05) is 31.4 Å². The molecule has 1 amide bonds. The third-order valence-electron chi connectivity index (χ3n) is 4.68. The van der Waals surface area contributed by atoms with E-state index in [-0.39, 0.29) is 26.7 Å². The molecule has 0 fully saturated rings. The zero-order valence-corrected chi connectivity index (χ0v) is 22.1. The zero-order chi connectivity index (χ0) is 26.8. The second kappa shape index (κ2) is 12.8. The van der Waals surface area contributed by atoms with Gasteiger partial charge in [-0.3, -0.25) is 10.1 Å². The number of methoxy groups -OCH3 is 1. The summed E-state index contributed by atoms with van der Waals surface area (Å²) in [6.45, 7) is 4.17. The summed E-state index contributed by atoms with van der Waals surface area (Å²) in [6.07, 6.45) is 1.40. The van der Waals surface area contributed by atoms with Crippen molar-refractivity contribution in [2.24, 2.45) is 5.92 Å². The first-order chi connectivity index (χ1) is 17.7. The summed E-state index contributed by atoms with van der Waals surface area (Å²) < 4.78 is 41.0. The maximum absolute atomic E-state index is 12.5. The van der Waals surface area contributed by atoms with Gasteiger partial charge in [0.25, 0.3) is 5.91 Å². The van der Waals surface area contributed by atoms with E-state index < -0.39 is 15.7 Å². The highest BCUT2D eigenvalue weighted by Crippen LogP contribution is 2.26. The van der Waals surface area contributed by atoms with Gasteiger partial charge in [-0.1, -0.05) is 49.4 Å². The predicted molar refractivity (Wildman–Crippen MR) is 139 cm³/mol. The van der Waals surface area contributed by atoms with Crippen molar-refractivity contribution in [2.45, 2.75) is 18.2 Å². The Morgan fingerprint density at radius 1 is 1.08 bits per heavy atom. The third kappa shape index (κ3) is 8.03. The van der Waals surface area contributed by atoms with Crippen LogP contribution < -0.4 is 19.5 Å². The maximum Gasteiger partial charge on any atom is 0.268 e. The molecule has 3 aromatic rings. The summed E-state index contributed by atoms with van der Waals surface area (Å²) in [5.41, 5.74) is 0.419. The average Bonchev–Trinajstić information content (AvgIpc) is 3.35. The Balaban J connectivity index is 1.55. The van der Waals surface area contributed by atoms with E-state index in [9.17, 15) is 18.5 Å². The van der Waals surface area contributed by atoms with Crippen molar-refractivity contribution >= 4 is 38.3 Å². The Labute approximate surface area is 219 Å². The molecule has 10 nitrogen and oxygen atoms in total. The lowest BCUT2D eigenvalue weighted by Gasteiger charge is -2.11. The molecule has 37 heavy (non-hydrogen) atoms. The molecule has 1 heterocycles. The first kappa shape index (κ1) is 27.6. The molecular weight excluding hydrogens is 516 g/mol. The van der Waals surface area contributed by atoms with E-state index in [1.165, 1.54) is 6.08 Å². The molecule has 0 aliphatic carbocycles. The molecule has 0 saturated heterocycles. The summed E-state index contributed by atoms with van der Waals surface area (Å²) in [5.74, 6) is 0.974. The largest absolute Gasteiger partial charge is 0.493 e. The molecule has 0 spiro atoms. The number of hydrogen-bond donors (Lipinski definition) is 1. The molecule has 12 heteroatoms. The number of anilines is 1. The molecule has 0 atom stereocenters. The van der Waals surface area contributed by atoms with Crippen molar-refractivity contribution in [1.82, 2.24) is 10.2 Å². The Morgan fingerprint density at radius 2 is 1.76 bits per heavy atom. The van der Waals surface area contributed by atoms with Gasteiger partial charge < -0.3 is 14.2 Å². The minimum absolute atomic E-state index is 0.00688. The summed E-state index contributed by atoms with van der Waals surface area (Å²) in [7, 11) is -2.02. The van der Waals surface area contributed by atoms with Gasteiger partial charge in [-0.25, -0.2) is 8.42 Å². The van der Waals surface area contributed by atoms with Gasteiger partial charge in [0, 0.05) is 0 Å². The van der Waals surface area contributed by atoms with Crippen LogP contribution >= 0.6 is 11.3 Å². The highest BCUT2D eigenvalue weighted by molar-refractivity contribution is 7.93. The number of nitriles is 1. The van der Waals surface area contributed by atoms with Crippen LogP contribution in [0.5, 0.6) is 17.2 Å². The number of nitrogens with one attached hydrogen (secondary N) is 1. The quantitative estimate of drug-likeness (QED) is 0.156. The van der Waals surface area contributed by atoms with Crippen LogP contribution in [0.4, 0.5) is 5.13 Å². The fourth-order valence-electron chi connectivity index (χ4n) is 3.09. The third-order valence-corrected chi connectivity index (χ3v) is 8.04. The summed E-state index contributed by atoms with van der Waals surface area (Å²) >= 11 is 0.744. The number of aromatic nitrogens is 2. The van der Waals surface area contributed by atoms with E-state index >= 15 is 0 Å². The molecule has 194 valence electrons. The number of amides is 1. The minimum atomic E-state index is -3.59. The highest BCUT2D eigenvalue weighted by Gasteiger charge is 2.22. The van der Waals surface area contributed by atoms with Gasteiger partial charge in [0.2, 0.25) is 19.3 Å². The number of rotatable bonds is 12. The number of sulfone groups is 1. The van der Waals surface area contributed by atoms with Crippen LogP contribution in [0.1, 0.15) is 19.4 Å². The molecule has 3 rings (SSSR count). The average molecular weight is 543 g/mol. The molecule has 0 saturated carbocycles. The standard InChI is InChI=1S/C25H26N4O6S2/c1-17(2)16-37(31,32)25-29-28-24(36-25)27-23(30)19(15-26)14-18-8-10-20(11-9-18)34-12-13-35-22-7-5-4-6-21(22)33-3/h4-11,14,17H,12-13,16H2,1-3H3,(H,27,28,30)/b19-14-. The fourth-order valence-corrected chi connectivity index (χ4v) is 5.69. The van der Waals surface area contributed by atoms with Gasteiger partial charge in [-0.2, -0.15) is 5.26 Å². The number of para-hydroxylation sites is 2. The monoisotopic (exact) mass is 542 g/mol. The van der Waals surface area contributed by atoms with E-state index in [1.807, 2.05) is 30.3 Å². The number of benzene rings is 2. The van der Waals surface area contributed by atoms with E-state index in [0.717, 1.165) is 11.3 Å². The lowest BCUT2D eigenvalue weighted by atomic mass is 10.1. The molecule has 0 radical (unpaired) electrons. The lowest BCUT2D eigenvalue weighted by molar-refractivity contribution is -0.112. The second-order valence-electron chi connectivity index (χ2n) is 8.09. The molecule has 0 unspecified atom stereocenters. The Bertz CT molecular complexity index is 1390. The van der Waals surface area contributed by atoms with E-state index in [1.54, 1.807) is 45.2 Å². The number of nitrogens with zero attached hydrogens (tertiary/aromatic N) is 3. The summed E-state index contributed by atoms with van der Waals surface area (Å²) in [6, 6.07) is 16.0. The predicted octanol–water partition coefficient (Wildman–Crippen LogP) is 3.98. The minimum Gasteiger partial charge on any atom is -0.493 e. The fraction of sp³-hybridized carbons (Fsp3) is 0.280. The van der Waals surface area contributed by atoms with Crippen LogP contribution in [0.15, 0.2) is 58.4 Å². The van der Waals surface area contributed by atoms with Crippen molar-refractivity contribution in [3.05, 3.63) is 59.7 Å². The van der Waals surface area contributed by atoms with Crippen LogP contribution in [0.3, 0.4) is 0 Å². The van der Waals surface area contributed by atoms with Gasteiger partial charge in [0.05, 0.1) is 12.9 Å². The van der Waals surface area contributed by atoms with Crippen LogP contribution in [-0.4, -0.2) is 50.6 Å². The molecule has 1 N–H and O–H groups in total. The molecule has 0 aliphatic heterocycles. The number of hydrogen-bond acceptors (Lipinski definition) is 10. The zero-order valence-electron chi connectivity index (χ0n) is 20.5. The Morgan fingerprint density at radius 3 is 2.41 bits per heavy atom. The first-order valence-corrected chi connectivity index (χ1v) is 13.7. The van der Waals surface area contributed by atoms with E-state index in [4.69, 9.17) is 14.2 Å². The lowest BCUT2D eigenvalue weighted by Crippen LogP contribution is -2.13.